The van der Waals surface area contributed by atoms with E-state index in [4.69, 9.17) is 4.74 Å². The summed E-state index contributed by atoms with van der Waals surface area (Å²) in [6.45, 7) is 4.59. The Hall–Kier alpha value is -1.06. The predicted molar refractivity (Wildman–Crippen MR) is 106 cm³/mol. The second-order valence-electron chi connectivity index (χ2n) is 8.14. The smallest absolute Gasteiger partial charge is 0.119 e. The molecular weight excluding hydrogens is 308 g/mol. The zero-order chi connectivity index (χ0) is 17.5. The molecule has 25 heavy (non-hydrogen) atoms. The minimum atomic E-state index is 0.740. The highest BCUT2D eigenvalue weighted by molar-refractivity contribution is 5.29. The van der Waals surface area contributed by atoms with Crippen LogP contribution in [0.2, 0.25) is 0 Å². The van der Waals surface area contributed by atoms with Gasteiger partial charge in [0.25, 0.3) is 0 Å². The van der Waals surface area contributed by atoms with Gasteiger partial charge in [-0.3, -0.25) is 0 Å². The lowest BCUT2D eigenvalue weighted by molar-refractivity contribution is 0.205. The van der Waals surface area contributed by atoms with E-state index in [0.29, 0.717) is 0 Å². The summed E-state index contributed by atoms with van der Waals surface area (Å²) in [5.41, 5.74) is 1.50. The zero-order valence-electron chi connectivity index (χ0n) is 16.3. The van der Waals surface area contributed by atoms with Crippen molar-refractivity contribution in [2.24, 2.45) is 0 Å². The molecule has 0 spiro atoms. The Morgan fingerprint density at radius 2 is 1.64 bits per heavy atom. The maximum atomic E-state index is 5.95. The standard InChI is InChI=1S/C22H36N2O/c1-23(2)21-11-7-19(8-12-21)20-9-13-22(14-10-20)25-18-6-17-24-15-4-3-5-16-24/h9-10,13-14,19,21H,3-8,11-12,15-18H2,1-2H3/t19-,21-. The topological polar surface area (TPSA) is 15.7 Å². The minimum absolute atomic E-state index is 0.740. The molecule has 0 radical (unpaired) electrons. The number of hydrogen-bond donors (Lipinski definition) is 0. The molecule has 1 heterocycles. The summed E-state index contributed by atoms with van der Waals surface area (Å²) in [5, 5.41) is 0. The van der Waals surface area contributed by atoms with Gasteiger partial charge in [-0.05, 0) is 95.7 Å². The molecule has 0 aromatic heterocycles. The molecule has 0 unspecified atom stereocenters. The lowest BCUT2D eigenvalue weighted by Gasteiger charge is -2.32. The van der Waals surface area contributed by atoms with Crippen LogP contribution in [0.15, 0.2) is 24.3 Å². The fourth-order valence-corrected chi connectivity index (χ4v) is 4.42. The highest BCUT2D eigenvalue weighted by Gasteiger charge is 2.23. The second kappa shape index (κ2) is 9.59. The molecule has 0 amide bonds. The van der Waals surface area contributed by atoms with Crippen LogP contribution < -0.4 is 4.74 Å². The summed E-state index contributed by atoms with van der Waals surface area (Å²) < 4.78 is 5.95. The van der Waals surface area contributed by atoms with Gasteiger partial charge in [-0.1, -0.05) is 18.6 Å². The maximum absolute atomic E-state index is 5.95. The van der Waals surface area contributed by atoms with Gasteiger partial charge in [0, 0.05) is 12.6 Å². The molecule has 140 valence electrons. The molecule has 3 heteroatoms. The van der Waals surface area contributed by atoms with Crippen molar-refractivity contribution < 1.29 is 4.74 Å². The van der Waals surface area contributed by atoms with E-state index >= 15 is 0 Å². The average molecular weight is 345 g/mol. The van der Waals surface area contributed by atoms with Crippen molar-refractivity contribution in [2.75, 3.05) is 40.3 Å². The van der Waals surface area contributed by atoms with Crippen LogP contribution in [0.3, 0.4) is 0 Å². The first-order chi connectivity index (χ1) is 12.2. The molecule has 0 bridgehead atoms. The first-order valence-corrected chi connectivity index (χ1v) is 10.3. The van der Waals surface area contributed by atoms with Crippen LogP contribution in [-0.2, 0) is 0 Å². The summed E-state index contributed by atoms with van der Waals surface area (Å²) in [4.78, 5) is 4.97. The van der Waals surface area contributed by atoms with E-state index in [0.717, 1.165) is 30.7 Å². The van der Waals surface area contributed by atoms with Gasteiger partial charge in [-0.2, -0.15) is 0 Å². The van der Waals surface area contributed by atoms with Crippen LogP contribution in [0, 0.1) is 0 Å². The number of nitrogens with zero attached hydrogens (tertiary/aromatic N) is 2. The number of benzene rings is 1. The largest absolute Gasteiger partial charge is 0.494 e. The fourth-order valence-electron chi connectivity index (χ4n) is 4.42. The van der Waals surface area contributed by atoms with Crippen molar-refractivity contribution in [3.05, 3.63) is 29.8 Å². The molecule has 3 rings (SSSR count). The minimum Gasteiger partial charge on any atom is -0.494 e. The van der Waals surface area contributed by atoms with E-state index < -0.39 is 0 Å². The van der Waals surface area contributed by atoms with E-state index in [1.54, 1.807) is 0 Å². The average Bonchev–Trinajstić information content (AvgIpc) is 2.67. The monoisotopic (exact) mass is 344 g/mol. The van der Waals surface area contributed by atoms with Gasteiger partial charge in [0.15, 0.2) is 0 Å². The van der Waals surface area contributed by atoms with E-state index in [-0.39, 0.29) is 0 Å². The van der Waals surface area contributed by atoms with Crippen LogP contribution in [0.1, 0.15) is 62.8 Å². The van der Waals surface area contributed by atoms with Gasteiger partial charge in [-0.25, -0.2) is 0 Å². The quantitative estimate of drug-likeness (QED) is 0.676. The second-order valence-corrected chi connectivity index (χ2v) is 8.14. The van der Waals surface area contributed by atoms with Gasteiger partial charge >= 0.3 is 0 Å². The number of hydrogen-bond acceptors (Lipinski definition) is 3. The van der Waals surface area contributed by atoms with Crippen molar-refractivity contribution in [1.82, 2.24) is 9.80 Å². The molecule has 3 nitrogen and oxygen atoms in total. The number of piperidine rings is 1. The Balaban J connectivity index is 1.37. The van der Waals surface area contributed by atoms with Crippen LogP contribution >= 0.6 is 0 Å². The highest BCUT2D eigenvalue weighted by Crippen LogP contribution is 2.34. The maximum Gasteiger partial charge on any atom is 0.119 e. The summed E-state index contributed by atoms with van der Waals surface area (Å²) in [5.74, 6) is 1.77. The molecule has 1 aromatic rings. The summed E-state index contributed by atoms with van der Waals surface area (Å²) >= 11 is 0. The molecule has 1 aliphatic carbocycles. The van der Waals surface area contributed by atoms with Crippen molar-refractivity contribution >= 4 is 0 Å². The highest BCUT2D eigenvalue weighted by atomic mass is 16.5. The summed E-state index contributed by atoms with van der Waals surface area (Å²) in [6, 6.07) is 9.71. The van der Waals surface area contributed by atoms with Crippen molar-refractivity contribution in [2.45, 2.75) is 63.3 Å². The normalized spacial score (nSPS) is 25.2. The predicted octanol–water partition coefficient (Wildman–Crippen LogP) is 4.53. The molecule has 0 atom stereocenters. The fraction of sp³-hybridized carbons (Fsp3) is 0.727. The number of rotatable bonds is 7. The first-order valence-electron chi connectivity index (χ1n) is 10.3. The van der Waals surface area contributed by atoms with E-state index in [1.165, 1.54) is 70.1 Å². The third-order valence-electron chi connectivity index (χ3n) is 6.11. The first kappa shape index (κ1) is 18.7. The van der Waals surface area contributed by atoms with Gasteiger partial charge in [-0.15, -0.1) is 0 Å². The number of ether oxygens (including phenoxy) is 1. The number of likely N-dealkylation sites (tertiary alicyclic amines) is 1. The Bertz CT molecular complexity index is 485. The van der Waals surface area contributed by atoms with Crippen LogP contribution in [0.5, 0.6) is 5.75 Å². The van der Waals surface area contributed by atoms with E-state index in [2.05, 4.69) is 48.2 Å². The zero-order valence-corrected chi connectivity index (χ0v) is 16.3. The van der Waals surface area contributed by atoms with Crippen LogP contribution in [0.25, 0.3) is 0 Å². The van der Waals surface area contributed by atoms with Gasteiger partial charge in [0.1, 0.15) is 5.75 Å². The summed E-state index contributed by atoms with van der Waals surface area (Å²) in [7, 11) is 4.42. The lowest BCUT2D eigenvalue weighted by atomic mass is 9.81. The Morgan fingerprint density at radius 3 is 2.28 bits per heavy atom. The summed E-state index contributed by atoms with van der Waals surface area (Å²) in [6.07, 6.45) is 10.6. The molecule has 1 saturated heterocycles. The molecule has 2 fully saturated rings. The molecule has 2 aliphatic rings. The Labute approximate surface area is 154 Å². The van der Waals surface area contributed by atoms with Gasteiger partial charge in [0.2, 0.25) is 0 Å². The van der Waals surface area contributed by atoms with Crippen LogP contribution in [0.4, 0.5) is 0 Å². The SMILES string of the molecule is CN(C)[C@H]1CC[C@H](c2ccc(OCCCN3CCCCC3)cc2)CC1. The third kappa shape index (κ3) is 5.72. The van der Waals surface area contributed by atoms with Crippen molar-refractivity contribution in [3.63, 3.8) is 0 Å². The third-order valence-corrected chi connectivity index (χ3v) is 6.11. The van der Waals surface area contributed by atoms with Crippen molar-refractivity contribution in [1.29, 1.82) is 0 Å². The molecule has 1 aromatic carbocycles. The molecule has 1 saturated carbocycles. The van der Waals surface area contributed by atoms with Crippen LogP contribution in [-0.4, -0.2) is 56.2 Å². The van der Waals surface area contributed by atoms with E-state index in [1.807, 2.05) is 0 Å². The van der Waals surface area contributed by atoms with Crippen molar-refractivity contribution in [3.8, 4) is 5.75 Å². The molecular formula is C22H36N2O. The molecule has 1 aliphatic heterocycles. The lowest BCUT2D eigenvalue weighted by Crippen LogP contribution is -2.31. The molecule has 0 N–H and O–H groups in total. The van der Waals surface area contributed by atoms with E-state index in [9.17, 15) is 0 Å². The van der Waals surface area contributed by atoms with Gasteiger partial charge in [0.05, 0.1) is 6.61 Å². The Morgan fingerprint density at radius 1 is 0.960 bits per heavy atom. The Kier molecular flexibility index (Phi) is 7.18. The van der Waals surface area contributed by atoms with Gasteiger partial charge < -0.3 is 14.5 Å².